The lowest BCUT2D eigenvalue weighted by molar-refractivity contribution is -0.128. The zero-order valence-electron chi connectivity index (χ0n) is 14.8. The van der Waals surface area contributed by atoms with Gasteiger partial charge in [0.05, 0.1) is 12.6 Å². The summed E-state index contributed by atoms with van der Waals surface area (Å²) in [5, 5.41) is 3.94. The molecule has 0 radical (unpaired) electrons. The molecule has 2 heterocycles. The Bertz CT molecular complexity index is 921. The van der Waals surface area contributed by atoms with Gasteiger partial charge in [-0.1, -0.05) is 30.3 Å². The number of furan rings is 1. The van der Waals surface area contributed by atoms with Crippen LogP contribution < -0.4 is 14.8 Å². The van der Waals surface area contributed by atoms with Crippen LogP contribution in [0.5, 0.6) is 11.5 Å². The lowest BCUT2D eigenvalue weighted by Gasteiger charge is -2.15. The van der Waals surface area contributed by atoms with Crippen LogP contribution in [0.1, 0.15) is 31.2 Å². The second-order valence-corrected chi connectivity index (χ2v) is 6.40. The van der Waals surface area contributed by atoms with E-state index in [2.05, 4.69) is 5.32 Å². The van der Waals surface area contributed by atoms with Crippen molar-refractivity contribution in [2.45, 2.75) is 32.4 Å². The minimum absolute atomic E-state index is 0.140. The molecule has 5 heteroatoms. The molecule has 2 aromatic carbocycles. The number of ether oxygens (including phenoxy) is 2. The first kappa shape index (κ1) is 16.5. The zero-order chi connectivity index (χ0) is 18.1. The van der Waals surface area contributed by atoms with Crippen LogP contribution in [0.3, 0.4) is 0 Å². The van der Waals surface area contributed by atoms with E-state index in [4.69, 9.17) is 13.9 Å². The van der Waals surface area contributed by atoms with Gasteiger partial charge in [0.25, 0.3) is 5.91 Å². The highest BCUT2D eigenvalue weighted by Gasteiger charge is 2.30. The van der Waals surface area contributed by atoms with Crippen LogP contribution in [0.2, 0.25) is 0 Å². The molecule has 0 saturated carbocycles. The van der Waals surface area contributed by atoms with Crippen LogP contribution in [0.4, 0.5) is 0 Å². The molecule has 26 heavy (non-hydrogen) atoms. The van der Waals surface area contributed by atoms with Crippen LogP contribution in [-0.2, 0) is 11.2 Å². The molecule has 2 atom stereocenters. The average molecular weight is 351 g/mol. The maximum atomic E-state index is 12.6. The van der Waals surface area contributed by atoms with Gasteiger partial charge in [-0.15, -0.1) is 0 Å². The van der Waals surface area contributed by atoms with E-state index in [-0.39, 0.29) is 11.9 Å². The largest absolute Gasteiger partial charge is 0.490 e. The van der Waals surface area contributed by atoms with Crippen LogP contribution >= 0.6 is 0 Å². The summed E-state index contributed by atoms with van der Waals surface area (Å²) < 4.78 is 17.3. The summed E-state index contributed by atoms with van der Waals surface area (Å²) in [5.74, 6) is 2.05. The highest BCUT2D eigenvalue weighted by atomic mass is 16.5. The first-order chi connectivity index (χ1) is 12.7. The van der Waals surface area contributed by atoms with Crippen molar-refractivity contribution in [3.8, 4) is 11.5 Å². The molecule has 2 unspecified atom stereocenters. The molecule has 0 aliphatic carbocycles. The smallest absolute Gasteiger partial charge is 0.262 e. The predicted octanol–water partition coefficient (Wildman–Crippen LogP) is 4.01. The second kappa shape index (κ2) is 6.75. The summed E-state index contributed by atoms with van der Waals surface area (Å²) in [6.07, 6.45) is 0.0850. The van der Waals surface area contributed by atoms with E-state index < -0.39 is 6.10 Å². The standard InChI is InChI=1S/C21H21NO4/c1-3-24-17-10-6-8-15-12-18(26-20(15)17)13(2)22-21(23)19-11-14-7-4-5-9-16(14)25-19/h4-10,12-13,19H,3,11H2,1-2H3,(H,22,23). The highest BCUT2D eigenvalue weighted by molar-refractivity contribution is 5.85. The highest BCUT2D eigenvalue weighted by Crippen LogP contribution is 2.32. The van der Waals surface area contributed by atoms with Crippen molar-refractivity contribution >= 4 is 16.9 Å². The summed E-state index contributed by atoms with van der Waals surface area (Å²) in [6.45, 7) is 4.41. The molecule has 0 bridgehead atoms. The number of hydrogen-bond acceptors (Lipinski definition) is 4. The second-order valence-electron chi connectivity index (χ2n) is 6.40. The van der Waals surface area contributed by atoms with Crippen LogP contribution in [0.15, 0.2) is 52.9 Å². The van der Waals surface area contributed by atoms with E-state index in [9.17, 15) is 4.79 Å². The molecule has 5 nitrogen and oxygen atoms in total. The summed E-state index contributed by atoms with van der Waals surface area (Å²) in [7, 11) is 0. The van der Waals surface area contributed by atoms with E-state index in [0.29, 0.717) is 30.1 Å². The van der Waals surface area contributed by atoms with Crippen molar-refractivity contribution in [1.82, 2.24) is 5.32 Å². The van der Waals surface area contributed by atoms with Gasteiger partial charge in [0.2, 0.25) is 0 Å². The molecule has 134 valence electrons. The maximum absolute atomic E-state index is 12.6. The summed E-state index contributed by atoms with van der Waals surface area (Å²) >= 11 is 0. The first-order valence-electron chi connectivity index (χ1n) is 8.86. The molecule has 0 fully saturated rings. The molecule has 1 amide bonds. The van der Waals surface area contributed by atoms with Crippen LogP contribution in [0, 0.1) is 0 Å². The van der Waals surface area contributed by atoms with Gasteiger partial charge < -0.3 is 19.2 Å². The normalized spacial score (nSPS) is 16.8. The molecular weight excluding hydrogens is 330 g/mol. The van der Waals surface area contributed by atoms with Gasteiger partial charge >= 0.3 is 0 Å². The number of benzene rings is 2. The minimum atomic E-state index is -0.502. The number of hydrogen-bond donors (Lipinski definition) is 1. The van der Waals surface area contributed by atoms with Crippen molar-refractivity contribution in [1.29, 1.82) is 0 Å². The summed E-state index contributed by atoms with van der Waals surface area (Å²) in [6, 6.07) is 15.2. The molecule has 1 aliphatic heterocycles. The van der Waals surface area contributed by atoms with E-state index >= 15 is 0 Å². The number of nitrogens with one attached hydrogen (secondary N) is 1. The van der Waals surface area contributed by atoms with E-state index in [1.807, 2.05) is 62.4 Å². The quantitative estimate of drug-likeness (QED) is 0.754. The lowest BCUT2D eigenvalue weighted by Crippen LogP contribution is -2.38. The number of carbonyl (C=O) groups is 1. The van der Waals surface area contributed by atoms with E-state index in [1.54, 1.807) is 0 Å². The fraction of sp³-hybridized carbons (Fsp3) is 0.286. The van der Waals surface area contributed by atoms with Crippen LogP contribution in [0.25, 0.3) is 11.0 Å². The molecule has 0 saturated heterocycles. The Hall–Kier alpha value is -2.95. The van der Waals surface area contributed by atoms with Gasteiger partial charge in [-0.3, -0.25) is 4.79 Å². The Balaban J connectivity index is 1.48. The number of rotatable bonds is 5. The Morgan fingerprint density at radius 2 is 2.12 bits per heavy atom. The fourth-order valence-corrected chi connectivity index (χ4v) is 3.24. The van der Waals surface area contributed by atoms with Crippen molar-refractivity contribution in [2.24, 2.45) is 0 Å². The van der Waals surface area contributed by atoms with Gasteiger partial charge in [0, 0.05) is 11.8 Å². The summed E-state index contributed by atoms with van der Waals surface area (Å²) in [5.41, 5.74) is 1.76. The summed E-state index contributed by atoms with van der Waals surface area (Å²) in [4.78, 5) is 12.6. The Morgan fingerprint density at radius 3 is 2.92 bits per heavy atom. The third-order valence-electron chi connectivity index (χ3n) is 4.55. The third-order valence-corrected chi connectivity index (χ3v) is 4.55. The molecule has 1 aromatic heterocycles. The molecule has 3 aromatic rings. The van der Waals surface area contributed by atoms with Crippen molar-refractivity contribution in [2.75, 3.05) is 6.61 Å². The molecule has 1 aliphatic rings. The van der Waals surface area contributed by atoms with Gasteiger partial charge in [-0.05, 0) is 37.6 Å². The first-order valence-corrected chi connectivity index (χ1v) is 8.86. The monoisotopic (exact) mass is 351 g/mol. The van der Waals surface area contributed by atoms with Gasteiger partial charge in [0.15, 0.2) is 17.4 Å². The van der Waals surface area contributed by atoms with Gasteiger partial charge in [-0.25, -0.2) is 0 Å². The van der Waals surface area contributed by atoms with Crippen molar-refractivity contribution < 1.29 is 18.7 Å². The SMILES string of the molecule is CCOc1cccc2cc(C(C)NC(=O)C3Cc4ccccc4O3)oc12. The molecule has 0 spiro atoms. The maximum Gasteiger partial charge on any atom is 0.262 e. The molecular formula is C21H21NO4. The third kappa shape index (κ3) is 3.01. The fourth-order valence-electron chi connectivity index (χ4n) is 3.24. The number of amides is 1. The Morgan fingerprint density at radius 1 is 1.27 bits per heavy atom. The van der Waals surface area contributed by atoms with Crippen molar-refractivity contribution in [3.63, 3.8) is 0 Å². The van der Waals surface area contributed by atoms with Crippen LogP contribution in [-0.4, -0.2) is 18.6 Å². The van der Waals surface area contributed by atoms with E-state index in [0.717, 1.165) is 16.7 Å². The number of carbonyl (C=O) groups excluding carboxylic acids is 1. The van der Waals surface area contributed by atoms with Gasteiger partial charge in [0.1, 0.15) is 11.5 Å². The predicted molar refractivity (Wildman–Crippen MR) is 98.5 cm³/mol. The Labute approximate surface area is 151 Å². The number of para-hydroxylation sites is 2. The molecule has 4 rings (SSSR count). The zero-order valence-corrected chi connectivity index (χ0v) is 14.8. The minimum Gasteiger partial charge on any atom is -0.490 e. The topological polar surface area (TPSA) is 60.7 Å². The number of fused-ring (bicyclic) bond motifs is 2. The van der Waals surface area contributed by atoms with E-state index in [1.165, 1.54) is 0 Å². The van der Waals surface area contributed by atoms with Gasteiger partial charge in [-0.2, -0.15) is 0 Å². The Kier molecular flexibility index (Phi) is 4.29. The average Bonchev–Trinajstić information content (AvgIpc) is 3.26. The molecule has 1 N–H and O–H groups in total. The van der Waals surface area contributed by atoms with Crippen molar-refractivity contribution in [3.05, 3.63) is 59.9 Å². The lowest BCUT2D eigenvalue weighted by atomic mass is 10.1.